The van der Waals surface area contributed by atoms with Crippen molar-refractivity contribution >= 4 is 34.8 Å². The Bertz CT molecular complexity index is 677. The third kappa shape index (κ3) is 4.40. The molecule has 114 valence electrons. The maximum absolute atomic E-state index is 12.1. The largest absolute Gasteiger partial charge is 0.326 e. The van der Waals surface area contributed by atoms with E-state index in [1.807, 2.05) is 44.4 Å². The summed E-state index contributed by atoms with van der Waals surface area (Å²) in [6.45, 7) is 5.57. The topological polar surface area (TPSA) is 46.2 Å². The van der Waals surface area contributed by atoms with Crippen molar-refractivity contribution in [1.29, 1.82) is 0 Å². The van der Waals surface area contributed by atoms with Crippen molar-refractivity contribution in [1.82, 2.24) is 0 Å². The molecule has 0 aliphatic rings. The van der Waals surface area contributed by atoms with Crippen LogP contribution in [0.4, 0.5) is 5.69 Å². The SMILES string of the molecule is CC(C)(C)C(=O)Nc1ccc(C(=O)C=Cc2cccs2)cc1. The predicted molar refractivity (Wildman–Crippen MR) is 92.2 cm³/mol. The zero-order valence-corrected chi connectivity index (χ0v) is 13.7. The van der Waals surface area contributed by atoms with E-state index in [0.29, 0.717) is 11.3 Å². The number of allylic oxidation sites excluding steroid dienone is 1. The molecule has 1 aromatic carbocycles. The van der Waals surface area contributed by atoms with E-state index in [2.05, 4.69) is 5.32 Å². The molecule has 1 N–H and O–H groups in total. The average Bonchev–Trinajstić information content (AvgIpc) is 2.98. The van der Waals surface area contributed by atoms with E-state index in [1.54, 1.807) is 41.7 Å². The Morgan fingerprint density at radius 3 is 2.32 bits per heavy atom. The van der Waals surface area contributed by atoms with Gasteiger partial charge in [-0.15, -0.1) is 11.3 Å². The normalized spacial score (nSPS) is 11.6. The number of carbonyl (C=O) groups excluding carboxylic acids is 2. The third-order valence-electron chi connectivity index (χ3n) is 3.05. The lowest BCUT2D eigenvalue weighted by Gasteiger charge is -2.17. The van der Waals surface area contributed by atoms with Crippen molar-refractivity contribution in [3.05, 3.63) is 58.3 Å². The molecule has 0 unspecified atom stereocenters. The monoisotopic (exact) mass is 313 g/mol. The second-order valence-corrected chi connectivity index (χ2v) is 6.97. The molecule has 0 bridgehead atoms. The molecule has 0 spiro atoms. The molecule has 3 nitrogen and oxygen atoms in total. The highest BCUT2D eigenvalue weighted by molar-refractivity contribution is 7.10. The zero-order chi connectivity index (χ0) is 16.2. The Kier molecular flexibility index (Phi) is 4.93. The number of nitrogens with one attached hydrogen (secondary N) is 1. The first-order valence-electron chi connectivity index (χ1n) is 7.04. The van der Waals surface area contributed by atoms with Gasteiger partial charge in [-0.3, -0.25) is 9.59 Å². The molecule has 1 amide bonds. The van der Waals surface area contributed by atoms with Crippen LogP contribution in [0.5, 0.6) is 0 Å². The van der Waals surface area contributed by atoms with Crippen LogP contribution in [0, 0.1) is 5.41 Å². The first-order valence-corrected chi connectivity index (χ1v) is 7.92. The minimum atomic E-state index is -0.446. The van der Waals surface area contributed by atoms with Crippen molar-refractivity contribution in [2.75, 3.05) is 5.32 Å². The van der Waals surface area contributed by atoms with Crippen LogP contribution in [0.3, 0.4) is 0 Å². The average molecular weight is 313 g/mol. The first-order chi connectivity index (χ1) is 10.4. The number of hydrogen-bond donors (Lipinski definition) is 1. The Labute approximate surface area is 134 Å². The fourth-order valence-electron chi connectivity index (χ4n) is 1.68. The van der Waals surface area contributed by atoms with Crippen LogP contribution < -0.4 is 5.32 Å². The minimum Gasteiger partial charge on any atom is -0.326 e. The molecule has 22 heavy (non-hydrogen) atoms. The molecule has 0 saturated heterocycles. The summed E-state index contributed by atoms with van der Waals surface area (Å²) in [4.78, 5) is 25.0. The van der Waals surface area contributed by atoms with Gasteiger partial charge in [-0.2, -0.15) is 0 Å². The minimum absolute atomic E-state index is 0.0517. The van der Waals surface area contributed by atoms with E-state index >= 15 is 0 Å². The molecule has 2 rings (SSSR count). The van der Waals surface area contributed by atoms with Crippen LogP contribution in [0.2, 0.25) is 0 Å². The number of benzene rings is 1. The van der Waals surface area contributed by atoms with Gasteiger partial charge in [0.15, 0.2) is 5.78 Å². The van der Waals surface area contributed by atoms with Crippen LogP contribution in [0.15, 0.2) is 47.9 Å². The van der Waals surface area contributed by atoms with Crippen LogP contribution >= 0.6 is 11.3 Å². The summed E-state index contributed by atoms with van der Waals surface area (Å²) in [6.07, 6.45) is 3.37. The van der Waals surface area contributed by atoms with Crippen LogP contribution in [-0.4, -0.2) is 11.7 Å². The summed E-state index contributed by atoms with van der Waals surface area (Å²) < 4.78 is 0. The Hall–Kier alpha value is -2.20. The van der Waals surface area contributed by atoms with Gasteiger partial charge in [0, 0.05) is 21.5 Å². The Morgan fingerprint density at radius 1 is 1.09 bits per heavy atom. The Morgan fingerprint density at radius 2 is 1.77 bits per heavy atom. The molecule has 0 fully saturated rings. The summed E-state index contributed by atoms with van der Waals surface area (Å²) >= 11 is 1.59. The van der Waals surface area contributed by atoms with E-state index < -0.39 is 5.41 Å². The molecule has 4 heteroatoms. The van der Waals surface area contributed by atoms with Crippen molar-refractivity contribution in [2.24, 2.45) is 5.41 Å². The molecule has 0 saturated carbocycles. The van der Waals surface area contributed by atoms with Gasteiger partial charge >= 0.3 is 0 Å². The number of amides is 1. The fraction of sp³-hybridized carbons (Fsp3) is 0.222. The number of rotatable bonds is 4. The number of thiophene rings is 1. The van der Waals surface area contributed by atoms with Crippen molar-refractivity contribution < 1.29 is 9.59 Å². The lowest BCUT2D eigenvalue weighted by Crippen LogP contribution is -2.27. The second-order valence-electron chi connectivity index (χ2n) is 5.99. The van der Waals surface area contributed by atoms with Gasteiger partial charge in [-0.25, -0.2) is 0 Å². The summed E-state index contributed by atoms with van der Waals surface area (Å²) in [6, 6.07) is 10.8. The van der Waals surface area contributed by atoms with Gasteiger partial charge in [0.1, 0.15) is 0 Å². The molecule has 1 heterocycles. The van der Waals surface area contributed by atoms with Crippen molar-refractivity contribution in [3.63, 3.8) is 0 Å². The van der Waals surface area contributed by atoms with E-state index in [9.17, 15) is 9.59 Å². The first kappa shape index (κ1) is 16.2. The van der Waals surface area contributed by atoms with Crippen LogP contribution in [-0.2, 0) is 4.79 Å². The summed E-state index contributed by atoms with van der Waals surface area (Å²) in [5.41, 5.74) is 0.845. The predicted octanol–water partition coefficient (Wildman–Crippen LogP) is 4.63. The lowest BCUT2D eigenvalue weighted by atomic mass is 9.95. The maximum Gasteiger partial charge on any atom is 0.229 e. The van der Waals surface area contributed by atoms with Gasteiger partial charge in [0.05, 0.1) is 0 Å². The highest BCUT2D eigenvalue weighted by Gasteiger charge is 2.21. The zero-order valence-electron chi connectivity index (χ0n) is 12.9. The summed E-state index contributed by atoms with van der Waals surface area (Å²) in [5, 5.41) is 4.80. The molecule has 0 radical (unpaired) electrons. The van der Waals surface area contributed by atoms with E-state index in [0.717, 1.165) is 4.88 Å². The molecule has 0 aliphatic heterocycles. The standard InChI is InChI=1S/C18H19NO2S/c1-18(2,3)17(21)19-14-8-6-13(7-9-14)16(20)11-10-15-5-4-12-22-15/h4-12H,1-3H3,(H,19,21). The molecule has 0 aliphatic carbocycles. The number of carbonyl (C=O) groups is 2. The molecule has 1 aromatic heterocycles. The molecular formula is C18H19NO2S. The van der Waals surface area contributed by atoms with Gasteiger partial charge < -0.3 is 5.32 Å². The number of anilines is 1. The van der Waals surface area contributed by atoms with Crippen LogP contribution in [0.25, 0.3) is 6.08 Å². The highest BCUT2D eigenvalue weighted by atomic mass is 32.1. The number of ketones is 1. The van der Waals surface area contributed by atoms with E-state index in [-0.39, 0.29) is 11.7 Å². The molecular weight excluding hydrogens is 294 g/mol. The van der Waals surface area contributed by atoms with Gasteiger partial charge in [0.2, 0.25) is 5.91 Å². The smallest absolute Gasteiger partial charge is 0.229 e. The third-order valence-corrected chi connectivity index (χ3v) is 3.89. The maximum atomic E-state index is 12.1. The molecule has 2 aromatic rings. The van der Waals surface area contributed by atoms with Crippen LogP contribution in [0.1, 0.15) is 36.0 Å². The van der Waals surface area contributed by atoms with Gasteiger partial charge in [0.25, 0.3) is 0 Å². The van der Waals surface area contributed by atoms with Gasteiger partial charge in [-0.05, 0) is 47.9 Å². The quantitative estimate of drug-likeness (QED) is 0.661. The molecule has 0 atom stereocenters. The Balaban J connectivity index is 2.02. The lowest BCUT2D eigenvalue weighted by molar-refractivity contribution is -0.123. The van der Waals surface area contributed by atoms with Gasteiger partial charge in [-0.1, -0.05) is 26.8 Å². The van der Waals surface area contributed by atoms with Crippen molar-refractivity contribution in [3.8, 4) is 0 Å². The highest BCUT2D eigenvalue weighted by Crippen LogP contribution is 2.18. The van der Waals surface area contributed by atoms with E-state index in [4.69, 9.17) is 0 Å². The summed E-state index contributed by atoms with van der Waals surface area (Å²) in [7, 11) is 0. The number of hydrogen-bond acceptors (Lipinski definition) is 3. The second kappa shape index (κ2) is 6.71. The van der Waals surface area contributed by atoms with E-state index in [1.165, 1.54) is 0 Å². The van der Waals surface area contributed by atoms with Crippen molar-refractivity contribution in [2.45, 2.75) is 20.8 Å². The fourth-order valence-corrected chi connectivity index (χ4v) is 2.29. The summed E-state index contributed by atoms with van der Waals surface area (Å²) in [5.74, 6) is -0.105.